The number of nitro groups is 2. The SMILES string of the molecule is CCC(CC)N(N=O)c1c([N+](=O)[O-])cc(C2CC(C)CCC2C(C)C)c(C2CC(C)CCC2C(C)C)c1[N+](=O)[O-]. The van der Waals surface area contributed by atoms with Crippen molar-refractivity contribution in [1.82, 2.24) is 0 Å². The van der Waals surface area contributed by atoms with Crippen LogP contribution in [0, 0.1) is 60.6 Å². The maximum Gasteiger partial charge on any atom is 0.305 e. The minimum atomic E-state index is -0.545. The molecular weight excluding hydrogens is 508 g/mol. The smallest absolute Gasteiger partial charge is 0.258 e. The Morgan fingerprint density at radius 2 is 1.38 bits per heavy atom. The molecule has 1 aromatic rings. The molecule has 2 aliphatic rings. The van der Waals surface area contributed by atoms with Crippen molar-refractivity contribution >= 4 is 17.1 Å². The standard InChI is InChI=1S/C31H50N4O5/c1-9-22(10-2)33(32-36)30-28(34(37)38)17-27(25-15-20(7)11-13-23(25)18(3)4)29(31(30)35(39)40)26-16-21(8)12-14-24(26)19(5)6/h17-26H,9-16H2,1-8H3. The Morgan fingerprint density at radius 3 is 1.80 bits per heavy atom. The highest BCUT2D eigenvalue weighted by Crippen LogP contribution is 2.56. The van der Waals surface area contributed by atoms with Crippen molar-refractivity contribution in [3.05, 3.63) is 42.3 Å². The molecule has 40 heavy (non-hydrogen) atoms. The van der Waals surface area contributed by atoms with Gasteiger partial charge in [-0.1, -0.05) is 68.2 Å². The summed E-state index contributed by atoms with van der Waals surface area (Å²) in [5.74, 6) is 1.82. The van der Waals surface area contributed by atoms with Crippen molar-refractivity contribution in [1.29, 1.82) is 0 Å². The summed E-state index contributed by atoms with van der Waals surface area (Å²) < 4.78 is 0. The fourth-order valence-corrected chi connectivity index (χ4v) is 7.94. The van der Waals surface area contributed by atoms with Crippen LogP contribution in [0.15, 0.2) is 11.4 Å². The van der Waals surface area contributed by atoms with Gasteiger partial charge in [-0.3, -0.25) is 20.2 Å². The second-order valence-electron chi connectivity index (χ2n) is 13.4. The zero-order chi connectivity index (χ0) is 29.9. The summed E-state index contributed by atoms with van der Waals surface area (Å²) in [7, 11) is 0. The predicted octanol–water partition coefficient (Wildman–Crippen LogP) is 9.53. The molecule has 1 aromatic carbocycles. The average molecular weight is 559 g/mol. The number of nitroso groups, excluding NO2 is 1. The second kappa shape index (κ2) is 13.4. The quantitative estimate of drug-likeness (QED) is 0.151. The number of hydrogen-bond donors (Lipinski definition) is 0. The number of nitro benzene ring substituents is 2. The Balaban J connectivity index is 2.52. The van der Waals surface area contributed by atoms with Crippen LogP contribution in [0.1, 0.15) is 130 Å². The molecule has 9 nitrogen and oxygen atoms in total. The summed E-state index contributed by atoms with van der Waals surface area (Å²) in [5, 5.41) is 30.1. The molecule has 0 spiro atoms. The summed E-state index contributed by atoms with van der Waals surface area (Å²) in [5.41, 5.74) is 0.541. The largest absolute Gasteiger partial charge is 0.305 e. The molecule has 2 fully saturated rings. The average Bonchev–Trinajstić information content (AvgIpc) is 2.89. The highest BCUT2D eigenvalue weighted by atomic mass is 16.6. The summed E-state index contributed by atoms with van der Waals surface area (Å²) in [6, 6.07) is 1.14. The Hall–Kier alpha value is -2.58. The van der Waals surface area contributed by atoms with E-state index in [2.05, 4.69) is 46.8 Å². The maximum atomic E-state index is 13.2. The van der Waals surface area contributed by atoms with Crippen LogP contribution in [-0.4, -0.2) is 15.9 Å². The van der Waals surface area contributed by atoms with Crippen LogP contribution in [0.4, 0.5) is 17.1 Å². The van der Waals surface area contributed by atoms with Gasteiger partial charge in [-0.15, -0.1) is 4.91 Å². The monoisotopic (exact) mass is 558 g/mol. The molecule has 0 bridgehead atoms. The highest BCUT2D eigenvalue weighted by molar-refractivity contribution is 5.80. The summed E-state index contributed by atoms with van der Waals surface area (Å²) in [4.78, 5) is 37.2. The number of anilines is 1. The number of benzene rings is 1. The second-order valence-corrected chi connectivity index (χ2v) is 13.4. The van der Waals surface area contributed by atoms with Gasteiger partial charge in [0, 0.05) is 11.6 Å². The van der Waals surface area contributed by atoms with E-state index in [-0.39, 0.29) is 40.7 Å². The van der Waals surface area contributed by atoms with Gasteiger partial charge < -0.3 is 0 Å². The topological polar surface area (TPSA) is 119 Å². The molecular formula is C31H50N4O5. The van der Waals surface area contributed by atoms with Crippen molar-refractivity contribution in [2.45, 2.75) is 125 Å². The third-order valence-electron chi connectivity index (χ3n) is 10.1. The molecule has 2 aliphatic carbocycles. The van der Waals surface area contributed by atoms with Crippen LogP contribution in [0.2, 0.25) is 0 Å². The van der Waals surface area contributed by atoms with Crippen molar-refractivity contribution in [2.24, 2.45) is 40.8 Å². The van der Waals surface area contributed by atoms with Gasteiger partial charge in [0.05, 0.1) is 21.2 Å². The molecule has 9 heteroatoms. The lowest BCUT2D eigenvalue weighted by Crippen LogP contribution is -2.33. The van der Waals surface area contributed by atoms with E-state index in [1.807, 2.05) is 13.8 Å². The molecule has 0 radical (unpaired) electrons. The van der Waals surface area contributed by atoms with E-state index >= 15 is 0 Å². The molecule has 0 saturated heterocycles. The van der Waals surface area contributed by atoms with Crippen LogP contribution in [0.5, 0.6) is 0 Å². The Morgan fingerprint density at radius 1 is 0.875 bits per heavy atom. The molecule has 3 rings (SSSR count). The van der Waals surface area contributed by atoms with E-state index in [1.165, 1.54) is 0 Å². The molecule has 0 aliphatic heterocycles. The van der Waals surface area contributed by atoms with Gasteiger partial charge in [0.15, 0.2) is 0 Å². The lowest BCUT2D eigenvalue weighted by atomic mass is 9.62. The fourth-order valence-electron chi connectivity index (χ4n) is 7.94. The predicted molar refractivity (Wildman–Crippen MR) is 161 cm³/mol. The van der Waals surface area contributed by atoms with E-state index in [4.69, 9.17) is 0 Å². The molecule has 2 saturated carbocycles. The van der Waals surface area contributed by atoms with E-state index in [0.717, 1.165) is 49.1 Å². The van der Waals surface area contributed by atoms with Gasteiger partial charge in [0.1, 0.15) is 0 Å². The highest BCUT2D eigenvalue weighted by Gasteiger charge is 2.46. The third-order valence-corrected chi connectivity index (χ3v) is 10.1. The van der Waals surface area contributed by atoms with Gasteiger partial charge >= 0.3 is 11.4 Å². The zero-order valence-corrected chi connectivity index (χ0v) is 25.8. The maximum absolute atomic E-state index is 13.2. The lowest BCUT2D eigenvalue weighted by molar-refractivity contribution is -0.393. The van der Waals surface area contributed by atoms with Crippen LogP contribution in [0.3, 0.4) is 0 Å². The Kier molecular flexibility index (Phi) is 10.7. The van der Waals surface area contributed by atoms with E-state index in [0.29, 0.717) is 42.1 Å². The molecule has 0 aromatic heterocycles. The zero-order valence-electron chi connectivity index (χ0n) is 25.8. The van der Waals surface area contributed by atoms with Crippen LogP contribution in [-0.2, 0) is 0 Å². The van der Waals surface area contributed by atoms with Crippen molar-refractivity contribution < 1.29 is 9.85 Å². The Labute approximate surface area is 239 Å². The first kappa shape index (κ1) is 31.9. The van der Waals surface area contributed by atoms with E-state index < -0.39 is 15.9 Å². The van der Waals surface area contributed by atoms with Crippen LogP contribution in [0.25, 0.3) is 0 Å². The Bertz CT molecular complexity index is 1070. The third kappa shape index (κ3) is 6.33. The van der Waals surface area contributed by atoms with Gasteiger partial charge in [-0.2, -0.15) is 0 Å². The molecule has 0 amide bonds. The van der Waals surface area contributed by atoms with Crippen LogP contribution < -0.4 is 5.01 Å². The van der Waals surface area contributed by atoms with Gasteiger partial charge in [0.25, 0.3) is 0 Å². The van der Waals surface area contributed by atoms with Gasteiger partial charge in [0.2, 0.25) is 5.69 Å². The first-order chi connectivity index (χ1) is 18.9. The molecule has 6 atom stereocenters. The first-order valence-corrected chi connectivity index (χ1v) is 15.5. The first-order valence-electron chi connectivity index (χ1n) is 15.5. The lowest BCUT2D eigenvalue weighted by Gasteiger charge is -2.42. The summed E-state index contributed by atoms with van der Waals surface area (Å²) >= 11 is 0. The molecule has 0 heterocycles. The van der Waals surface area contributed by atoms with Crippen molar-refractivity contribution in [3.63, 3.8) is 0 Å². The van der Waals surface area contributed by atoms with Gasteiger partial charge in [-0.05, 0) is 91.4 Å². The minimum absolute atomic E-state index is 0.0129. The summed E-state index contributed by atoms with van der Waals surface area (Å²) in [6.07, 6.45) is 6.72. The molecule has 224 valence electrons. The molecule has 6 unspecified atom stereocenters. The van der Waals surface area contributed by atoms with E-state index in [9.17, 15) is 25.1 Å². The van der Waals surface area contributed by atoms with Crippen molar-refractivity contribution in [3.8, 4) is 0 Å². The fraction of sp³-hybridized carbons (Fsp3) is 0.806. The number of rotatable bonds is 11. The minimum Gasteiger partial charge on any atom is -0.258 e. The van der Waals surface area contributed by atoms with E-state index in [1.54, 1.807) is 6.07 Å². The van der Waals surface area contributed by atoms with Crippen LogP contribution >= 0.6 is 0 Å². The normalized spacial score (nSPS) is 27.3. The number of hydrogen-bond acceptors (Lipinski definition) is 6. The summed E-state index contributed by atoms with van der Waals surface area (Å²) in [6.45, 7) is 16.9. The molecule has 0 N–H and O–H groups in total. The van der Waals surface area contributed by atoms with Gasteiger partial charge in [-0.25, -0.2) is 5.01 Å². The van der Waals surface area contributed by atoms with Crippen molar-refractivity contribution in [2.75, 3.05) is 5.01 Å². The number of nitrogens with zero attached hydrogens (tertiary/aromatic N) is 4.